The summed E-state index contributed by atoms with van der Waals surface area (Å²) in [5.74, 6) is -0.166. The Morgan fingerprint density at radius 1 is 1.14 bits per heavy atom. The third-order valence-corrected chi connectivity index (χ3v) is 5.69. The minimum Gasteiger partial charge on any atom is -0.300 e. The van der Waals surface area contributed by atoms with Crippen LogP contribution in [0.3, 0.4) is 0 Å². The number of nitrogens with zero attached hydrogens (tertiary/aromatic N) is 4. The van der Waals surface area contributed by atoms with Crippen LogP contribution in [0.5, 0.6) is 0 Å². The van der Waals surface area contributed by atoms with Crippen molar-refractivity contribution in [2.45, 2.75) is 34.2 Å². The van der Waals surface area contributed by atoms with Crippen LogP contribution in [0.25, 0.3) is 22.2 Å². The summed E-state index contributed by atoms with van der Waals surface area (Å²) < 4.78 is 1.66. The first-order chi connectivity index (χ1) is 13.4. The molecule has 28 heavy (non-hydrogen) atoms. The Morgan fingerprint density at radius 2 is 1.96 bits per heavy atom. The van der Waals surface area contributed by atoms with E-state index in [1.807, 2.05) is 32.9 Å². The van der Waals surface area contributed by atoms with Gasteiger partial charge in [-0.05, 0) is 44.9 Å². The maximum Gasteiger partial charge on any atom is 0.247 e. The average molecular weight is 392 g/mol. The maximum atomic E-state index is 12.5. The summed E-state index contributed by atoms with van der Waals surface area (Å²) in [7, 11) is 0. The van der Waals surface area contributed by atoms with Gasteiger partial charge in [-0.15, -0.1) is 11.3 Å². The van der Waals surface area contributed by atoms with Gasteiger partial charge in [0.05, 0.1) is 11.4 Å². The van der Waals surface area contributed by atoms with Crippen LogP contribution < -0.4 is 5.32 Å². The van der Waals surface area contributed by atoms with Crippen LogP contribution in [-0.4, -0.2) is 25.7 Å². The van der Waals surface area contributed by atoms with E-state index in [2.05, 4.69) is 45.5 Å². The lowest BCUT2D eigenvalue weighted by Crippen LogP contribution is -2.19. The second-order valence-corrected chi connectivity index (χ2v) is 8.08. The van der Waals surface area contributed by atoms with Crippen molar-refractivity contribution in [3.05, 3.63) is 58.4 Å². The van der Waals surface area contributed by atoms with Gasteiger partial charge in [-0.3, -0.25) is 4.79 Å². The van der Waals surface area contributed by atoms with Crippen molar-refractivity contribution >= 4 is 33.4 Å². The molecule has 4 rings (SSSR count). The molecule has 1 N–H and O–H groups in total. The summed E-state index contributed by atoms with van der Waals surface area (Å²) in [5.41, 5.74) is 5.88. The number of nitrogens with one attached hydrogen (secondary N) is 1. The Hall–Kier alpha value is -3.06. The predicted molar refractivity (Wildman–Crippen MR) is 113 cm³/mol. The fourth-order valence-electron chi connectivity index (χ4n) is 3.27. The zero-order valence-corrected chi connectivity index (χ0v) is 17.1. The summed E-state index contributed by atoms with van der Waals surface area (Å²) in [6, 6.07) is 10.3. The number of carbonyl (C=O) groups excluding carboxylic acids is 1. The fourth-order valence-corrected chi connectivity index (χ4v) is 4.10. The molecule has 0 radical (unpaired) electrons. The molecule has 0 aliphatic heterocycles. The van der Waals surface area contributed by atoms with E-state index in [9.17, 15) is 4.79 Å². The molecule has 0 atom stereocenters. The highest BCUT2D eigenvalue weighted by atomic mass is 32.1. The first kappa shape index (κ1) is 18.3. The molecule has 7 heteroatoms. The zero-order chi connectivity index (χ0) is 19.8. The molecular weight excluding hydrogens is 370 g/mol. The quantitative estimate of drug-likeness (QED) is 0.559. The number of hydrogen-bond donors (Lipinski definition) is 1. The van der Waals surface area contributed by atoms with Gasteiger partial charge in [0.2, 0.25) is 5.91 Å². The number of carbonyl (C=O) groups is 1. The van der Waals surface area contributed by atoms with Crippen LogP contribution in [0.1, 0.15) is 21.8 Å². The Kier molecular flexibility index (Phi) is 4.68. The first-order valence-corrected chi connectivity index (χ1v) is 9.87. The molecule has 4 aromatic rings. The van der Waals surface area contributed by atoms with Gasteiger partial charge in [0, 0.05) is 16.5 Å². The minimum atomic E-state index is -0.166. The second-order valence-electron chi connectivity index (χ2n) is 6.88. The molecule has 0 unspecified atom stereocenters. The summed E-state index contributed by atoms with van der Waals surface area (Å²) in [6.07, 6.45) is 1.77. The summed E-state index contributed by atoms with van der Waals surface area (Å²) >= 11 is 1.47. The van der Waals surface area contributed by atoms with Gasteiger partial charge >= 0.3 is 0 Å². The SMILES string of the molecule is Cc1cccc(-c2ccnc3c2c(C)nn3CC(=O)Nc2nc(C)c(C)s2)c1. The third kappa shape index (κ3) is 3.41. The molecule has 3 heterocycles. The maximum absolute atomic E-state index is 12.5. The minimum absolute atomic E-state index is 0.0896. The molecule has 1 amide bonds. The summed E-state index contributed by atoms with van der Waals surface area (Å²) in [5, 5.41) is 9.03. The summed E-state index contributed by atoms with van der Waals surface area (Å²) in [4.78, 5) is 22.5. The molecule has 0 saturated heterocycles. The number of pyridine rings is 1. The molecule has 142 valence electrons. The number of hydrogen-bond acceptors (Lipinski definition) is 5. The topological polar surface area (TPSA) is 72.7 Å². The van der Waals surface area contributed by atoms with Gasteiger partial charge in [-0.1, -0.05) is 29.8 Å². The van der Waals surface area contributed by atoms with Crippen molar-refractivity contribution in [3.8, 4) is 11.1 Å². The van der Waals surface area contributed by atoms with Crippen molar-refractivity contribution in [2.24, 2.45) is 0 Å². The monoisotopic (exact) mass is 391 g/mol. The lowest BCUT2D eigenvalue weighted by molar-refractivity contribution is -0.116. The molecule has 0 fully saturated rings. The van der Waals surface area contributed by atoms with E-state index >= 15 is 0 Å². The normalized spacial score (nSPS) is 11.1. The molecule has 0 spiro atoms. The highest BCUT2D eigenvalue weighted by Gasteiger charge is 2.16. The zero-order valence-electron chi connectivity index (χ0n) is 16.3. The first-order valence-electron chi connectivity index (χ1n) is 9.05. The Labute approximate surface area is 167 Å². The van der Waals surface area contributed by atoms with E-state index in [1.54, 1.807) is 10.9 Å². The average Bonchev–Trinajstić information content (AvgIpc) is 3.13. The van der Waals surface area contributed by atoms with E-state index in [1.165, 1.54) is 16.9 Å². The van der Waals surface area contributed by atoms with Gasteiger partial charge in [0.25, 0.3) is 0 Å². The number of rotatable bonds is 4. The highest BCUT2D eigenvalue weighted by molar-refractivity contribution is 7.15. The van der Waals surface area contributed by atoms with E-state index in [-0.39, 0.29) is 12.5 Å². The number of amides is 1. The lowest BCUT2D eigenvalue weighted by Gasteiger charge is -2.06. The summed E-state index contributed by atoms with van der Waals surface area (Å²) in [6.45, 7) is 8.04. The number of benzene rings is 1. The Bertz CT molecular complexity index is 1170. The number of anilines is 1. The predicted octanol–water partition coefficient (Wildman–Crippen LogP) is 4.43. The highest BCUT2D eigenvalue weighted by Crippen LogP contribution is 2.30. The number of aromatic nitrogens is 4. The Morgan fingerprint density at radius 3 is 2.68 bits per heavy atom. The van der Waals surface area contributed by atoms with Crippen LogP contribution >= 0.6 is 11.3 Å². The standard InChI is InChI=1S/C21H21N5OS/c1-12-6-5-7-16(10-12)17-8-9-22-20-19(17)14(3)25-26(20)11-18(27)24-21-23-13(2)15(4)28-21/h5-10H,11H2,1-4H3,(H,23,24,27). The third-order valence-electron chi connectivity index (χ3n) is 4.71. The van der Waals surface area contributed by atoms with Gasteiger partial charge in [-0.25, -0.2) is 14.6 Å². The van der Waals surface area contributed by atoms with Crippen molar-refractivity contribution < 1.29 is 4.79 Å². The lowest BCUT2D eigenvalue weighted by atomic mass is 10.0. The van der Waals surface area contributed by atoms with Crippen LogP contribution in [0.15, 0.2) is 36.5 Å². The van der Waals surface area contributed by atoms with Gasteiger partial charge in [0.15, 0.2) is 10.8 Å². The smallest absolute Gasteiger partial charge is 0.247 e. The molecule has 0 saturated carbocycles. The van der Waals surface area contributed by atoms with Crippen molar-refractivity contribution in [1.82, 2.24) is 19.7 Å². The van der Waals surface area contributed by atoms with Gasteiger partial charge < -0.3 is 5.32 Å². The molecule has 6 nitrogen and oxygen atoms in total. The number of aryl methyl sites for hydroxylation is 4. The van der Waals surface area contributed by atoms with E-state index in [0.717, 1.165) is 32.8 Å². The van der Waals surface area contributed by atoms with E-state index in [4.69, 9.17) is 0 Å². The number of thiazole rings is 1. The molecule has 0 aliphatic rings. The van der Waals surface area contributed by atoms with Crippen molar-refractivity contribution in [1.29, 1.82) is 0 Å². The number of fused-ring (bicyclic) bond motifs is 1. The molecule has 0 bridgehead atoms. The van der Waals surface area contributed by atoms with E-state index < -0.39 is 0 Å². The van der Waals surface area contributed by atoms with Crippen LogP contribution in [0.2, 0.25) is 0 Å². The molecule has 3 aromatic heterocycles. The van der Waals surface area contributed by atoms with Crippen LogP contribution in [0.4, 0.5) is 5.13 Å². The fraction of sp³-hybridized carbons (Fsp3) is 0.238. The Balaban J connectivity index is 1.67. The van der Waals surface area contributed by atoms with E-state index in [0.29, 0.717) is 10.8 Å². The largest absolute Gasteiger partial charge is 0.300 e. The van der Waals surface area contributed by atoms with Gasteiger partial charge in [0.1, 0.15) is 6.54 Å². The van der Waals surface area contributed by atoms with Crippen molar-refractivity contribution in [2.75, 3.05) is 5.32 Å². The molecular formula is C21H21N5OS. The second kappa shape index (κ2) is 7.16. The van der Waals surface area contributed by atoms with Crippen LogP contribution in [0, 0.1) is 27.7 Å². The van der Waals surface area contributed by atoms with Crippen molar-refractivity contribution in [3.63, 3.8) is 0 Å². The van der Waals surface area contributed by atoms with Gasteiger partial charge in [-0.2, -0.15) is 5.10 Å². The molecule has 1 aromatic carbocycles. The van der Waals surface area contributed by atoms with Crippen LogP contribution in [-0.2, 0) is 11.3 Å². The molecule has 0 aliphatic carbocycles.